The molecule has 1 aromatic carbocycles. The molecule has 0 saturated carbocycles. The molecule has 0 aliphatic heterocycles. The quantitative estimate of drug-likeness (QED) is 0.722. The standard InChI is InChI=1S/C13H21NO3S2/c1-3-13(15)11-6-4-7-12(10-11)19(16,17)14-8-5-9-18-2/h4,6-7,10,13-15H,3,5,8-9H2,1-2H3. The van der Waals surface area contributed by atoms with Gasteiger partial charge in [-0.1, -0.05) is 19.1 Å². The van der Waals surface area contributed by atoms with Gasteiger partial charge in [-0.3, -0.25) is 0 Å². The fourth-order valence-corrected chi connectivity index (χ4v) is 3.19. The number of thioether (sulfide) groups is 1. The molecular weight excluding hydrogens is 282 g/mol. The predicted octanol–water partition coefficient (Wildman–Crippen LogP) is 2.16. The number of benzene rings is 1. The van der Waals surface area contributed by atoms with Crippen molar-refractivity contribution >= 4 is 21.8 Å². The highest BCUT2D eigenvalue weighted by atomic mass is 32.2. The van der Waals surface area contributed by atoms with Crippen molar-refractivity contribution in [3.8, 4) is 0 Å². The number of hydrogen-bond acceptors (Lipinski definition) is 4. The van der Waals surface area contributed by atoms with Crippen molar-refractivity contribution in [1.82, 2.24) is 4.72 Å². The fourth-order valence-electron chi connectivity index (χ4n) is 1.63. The van der Waals surface area contributed by atoms with Crippen LogP contribution in [0.2, 0.25) is 0 Å². The van der Waals surface area contributed by atoms with Crippen LogP contribution in [0, 0.1) is 0 Å². The van der Waals surface area contributed by atoms with Gasteiger partial charge in [-0.2, -0.15) is 11.8 Å². The zero-order chi connectivity index (χ0) is 14.3. The number of aliphatic hydroxyl groups excluding tert-OH is 1. The molecule has 0 spiro atoms. The summed E-state index contributed by atoms with van der Waals surface area (Å²) in [6.45, 7) is 2.29. The molecule has 0 amide bonds. The smallest absolute Gasteiger partial charge is 0.240 e. The Morgan fingerprint density at radius 1 is 1.42 bits per heavy atom. The van der Waals surface area contributed by atoms with E-state index in [-0.39, 0.29) is 4.90 Å². The second-order valence-electron chi connectivity index (χ2n) is 4.24. The summed E-state index contributed by atoms with van der Waals surface area (Å²) in [5.74, 6) is 0.928. The molecule has 0 aliphatic rings. The van der Waals surface area contributed by atoms with E-state index < -0.39 is 16.1 Å². The fraction of sp³-hybridized carbons (Fsp3) is 0.538. The Labute approximate surface area is 119 Å². The van der Waals surface area contributed by atoms with Crippen LogP contribution in [0.15, 0.2) is 29.2 Å². The zero-order valence-electron chi connectivity index (χ0n) is 11.3. The Hall–Kier alpha value is -0.560. The maximum absolute atomic E-state index is 12.1. The minimum absolute atomic E-state index is 0.210. The van der Waals surface area contributed by atoms with Crippen molar-refractivity contribution < 1.29 is 13.5 Å². The SMILES string of the molecule is CCC(O)c1cccc(S(=O)(=O)NCCCSC)c1. The summed E-state index contributed by atoms with van der Waals surface area (Å²) in [6, 6.07) is 6.47. The summed E-state index contributed by atoms with van der Waals surface area (Å²) in [4.78, 5) is 0.210. The minimum atomic E-state index is -3.48. The molecule has 1 rings (SSSR count). The minimum Gasteiger partial charge on any atom is -0.388 e. The van der Waals surface area contributed by atoms with E-state index in [0.717, 1.165) is 12.2 Å². The molecular formula is C13H21NO3S2. The van der Waals surface area contributed by atoms with Crippen LogP contribution in [-0.4, -0.2) is 32.1 Å². The summed E-state index contributed by atoms with van der Waals surface area (Å²) in [6.07, 6.45) is 2.73. The molecule has 1 aromatic rings. The van der Waals surface area contributed by atoms with E-state index >= 15 is 0 Å². The van der Waals surface area contributed by atoms with Gasteiger partial charge < -0.3 is 5.11 Å². The zero-order valence-corrected chi connectivity index (χ0v) is 12.9. The normalized spacial score (nSPS) is 13.4. The van der Waals surface area contributed by atoms with Gasteiger partial charge in [0.1, 0.15) is 0 Å². The third kappa shape index (κ3) is 5.14. The Kier molecular flexibility index (Phi) is 6.85. The van der Waals surface area contributed by atoms with Gasteiger partial charge in [0.15, 0.2) is 0 Å². The van der Waals surface area contributed by atoms with Gasteiger partial charge in [0.25, 0.3) is 0 Å². The molecule has 0 bridgehead atoms. The summed E-state index contributed by atoms with van der Waals surface area (Å²) in [5, 5.41) is 9.75. The Bertz CT molecular complexity index is 488. The summed E-state index contributed by atoms with van der Waals surface area (Å²) in [5.41, 5.74) is 0.634. The van der Waals surface area contributed by atoms with Crippen LogP contribution in [0.25, 0.3) is 0 Å². The molecule has 0 aliphatic carbocycles. The molecule has 0 saturated heterocycles. The summed E-state index contributed by atoms with van der Waals surface area (Å²) >= 11 is 1.69. The maximum atomic E-state index is 12.1. The number of sulfonamides is 1. The second kappa shape index (κ2) is 7.89. The van der Waals surface area contributed by atoms with Crippen LogP contribution < -0.4 is 4.72 Å². The van der Waals surface area contributed by atoms with Crippen LogP contribution in [0.1, 0.15) is 31.4 Å². The molecule has 108 valence electrons. The van der Waals surface area contributed by atoms with Crippen molar-refractivity contribution in [2.24, 2.45) is 0 Å². The molecule has 19 heavy (non-hydrogen) atoms. The van der Waals surface area contributed by atoms with Crippen LogP contribution in [0.4, 0.5) is 0 Å². The van der Waals surface area contributed by atoms with Gasteiger partial charge in [-0.25, -0.2) is 13.1 Å². The maximum Gasteiger partial charge on any atom is 0.240 e. The lowest BCUT2D eigenvalue weighted by atomic mass is 10.1. The topological polar surface area (TPSA) is 66.4 Å². The molecule has 0 aromatic heterocycles. The van der Waals surface area contributed by atoms with Gasteiger partial charge in [0.2, 0.25) is 10.0 Å². The van der Waals surface area contributed by atoms with Crippen LogP contribution in [0.3, 0.4) is 0 Å². The lowest BCUT2D eigenvalue weighted by molar-refractivity contribution is 0.173. The molecule has 2 N–H and O–H groups in total. The van der Waals surface area contributed by atoms with Gasteiger partial charge in [-0.05, 0) is 42.5 Å². The number of rotatable bonds is 8. The largest absolute Gasteiger partial charge is 0.388 e. The molecule has 0 heterocycles. The van der Waals surface area contributed by atoms with E-state index in [1.54, 1.807) is 30.0 Å². The molecule has 0 fully saturated rings. The number of aliphatic hydroxyl groups is 1. The first-order chi connectivity index (χ1) is 9.01. The van der Waals surface area contributed by atoms with E-state index in [4.69, 9.17) is 0 Å². The van der Waals surface area contributed by atoms with Gasteiger partial charge in [0, 0.05) is 6.54 Å². The first kappa shape index (κ1) is 16.5. The monoisotopic (exact) mass is 303 g/mol. The van der Waals surface area contributed by atoms with Crippen LogP contribution in [-0.2, 0) is 10.0 Å². The molecule has 1 atom stereocenters. The van der Waals surface area contributed by atoms with Crippen molar-refractivity contribution in [1.29, 1.82) is 0 Å². The summed E-state index contributed by atoms with van der Waals surface area (Å²) in [7, 11) is -3.48. The Morgan fingerprint density at radius 2 is 2.16 bits per heavy atom. The molecule has 4 nitrogen and oxygen atoms in total. The Morgan fingerprint density at radius 3 is 2.79 bits per heavy atom. The van der Waals surface area contributed by atoms with Crippen LogP contribution in [0.5, 0.6) is 0 Å². The van der Waals surface area contributed by atoms with Crippen molar-refractivity contribution in [2.45, 2.75) is 30.8 Å². The van der Waals surface area contributed by atoms with E-state index in [2.05, 4.69) is 4.72 Å². The van der Waals surface area contributed by atoms with Gasteiger partial charge >= 0.3 is 0 Å². The second-order valence-corrected chi connectivity index (χ2v) is 6.99. The van der Waals surface area contributed by atoms with E-state index in [0.29, 0.717) is 18.5 Å². The molecule has 6 heteroatoms. The summed E-state index contributed by atoms with van der Waals surface area (Å²) < 4.78 is 26.7. The lowest BCUT2D eigenvalue weighted by Crippen LogP contribution is -2.25. The molecule has 0 radical (unpaired) electrons. The highest BCUT2D eigenvalue weighted by molar-refractivity contribution is 7.98. The highest BCUT2D eigenvalue weighted by Crippen LogP contribution is 2.19. The van der Waals surface area contributed by atoms with E-state index in [9.17, 15) is 13.5 Å². The Balaban J connectivity index is 2.77. The van der Waals surface area contributed by atoms with E-state index in [1.165, 1.54) is 6.07 Å². The number of hydrogen-bond donors (Lipinski definition) is 2. The first-order valence-corrected chi connectivity index (χ1v) is 9.15. The average Bonchev–Trinajstić information content (AvgIpc) is 2.43. The highest BCUT2D eigenvalue weighted by Gasteiger charge is 2.15. The predicted molar refractivity (Wildman–Crippen MR) is 79.9 cm³/mol. The first-order valence-electron chi connectivity index (χ1n) is 6.28. The van der Waals surface area contributed by atoms with E-state index in [1.807, 2.05) is 13.2 Å². The van der Waals surface area contributed by atoms with Gasteiger partial charge in [0.05, 0.1) is 11.0 Å². The van der Waals surface area contributed by atoms with Gasteiger partial charge in [-0.15, -0.1) is 0 Å². The van der Waals surface area contributed by atoms with Crippen molar-refractivity contribution in [3.63, 3.8) is 0 Å². The number of nitrogens with one attached hydrogen (secondary N) is 1. The van der Waals surface area contributed by atoms with Crippen molar-refractivity contribution in [3.05, 3.63) is 29.8 Å². The van der Waals surface area contributed by atoms with Crippen LogP contribution >= 0.6 is 11.8 Å². The third-order valence-corrected chi connectivity index (χ3v) is 4.91. The molecule has 1 unspecified atom stereocenters. The average molecular weight is 303 g/mol. The van der Waals surface area contributed by atoms with Crippen molar-refractivity contribution in [2.75, 3.05) is 18.6 Å². The lowest BCUT2D eigenvalue weighted by Gasteiger charge is -2.11. The third-order valence-electron chi connectivity index (χ3n) is 2.76.